The summed E-state index contributed by atoms with van der Waals surface area (Å²) < 4.78 is 15.7. The molecule has 1 aliphatic rings. The summed E-state index contributed by atoms with van der Waals surface area (Å²) in [6.45, 7) is 0.445. The van der Waals surface area contributed by atoms with Crippen molar-refractivity contribution < 1.29 is 23.8 Å². The summed E-state index contributed by atoms with van der Waals surface area (Å²) in [7, 11) is 4.76. The summed E-state index contributed by atoms with van der Waals surface area (Å²) in [4.78, 5) is 28.5. The van der Waals surface area contributed by atoms with Crippen LogP contribution in [0.15, 0.2) is 84.0 Å². The highest BCUT2D eigenvalue weighted by Gasteiger charge is 2.34. The van der Waals surface area contributed by atoms with Gasteiger partial charge in [-0.2, -0.15) is 5.10 Å². The number of methoxy groups -OCH3 is 3. The number of hydrazone groups is 1. The summed E-state index contributed by atoms with van der Waals surface area (Å²) in [5.74, 6) is 0.873. The van der Waals surface area contributed by atoms with Crippen LogP contribution in [0.2, 0.25) is 0 Å². The number of carbonyl (C=O) groups is 2. The van der Waals surface area contributed by atoms with E-state index in [1.165, 1.54) is 9.91 Å². The Labute approximate surface area is 217 Å². The average molecular weight is 502 g/mol. The van der Waals surface area contributed by atoms with Gasteiger partial charge in [-0.1, -0.05) is 30.3 Å². The van der Waals surface area contributed by atoms with Crippen molar-refractivity contribution in [1.29, 1.82) is 0 Å². The number of hydrogen-bond donors (Lipinski definition) is 0. The van der Waals surface area contributed by atoms with E-state index in [2.05, 4.69) is 0 Å². The molecule has 0 bridgehead atoms. The molecule has 1 atom stereocenters. The molecular weight excluding hydrogens is 470 g/mol. The van der Waals surface area contributed by atoms with Gasteiger partial charge in [-0.3, -0.25) is 9.59 Å². The van der Waals surface area contributed by atoms with Crippen molar-refractivity contribution in [3.05, 3.63) is 95.6 Å². The maximum absolute atomic E-state index is 13.7. The molecule has 0 fully saturated rings. The van der Waals surface area contributed by atoms with Crippen LogP contribution in [0.3, 0.4) is 0 Å². The van der Waals surface area contributed by atoms with Crippen LogP contribution in [0.1, 0.15) is 33.9 Å². The van der Waals surface area contributed by atoms with Crippen molar-refractivity contribution in [3.63, 3.8) is 0 Å². The average Bonchev–Trinajstić information content (AvgIpc) is 3.41. The zero-order valence-electron chi connectivity index (χ0n) is 21.3. The first kappa shape index (κ1) is 25.9. The third-order valence-corrected chi connectivity index (χ3v) is 6.29. The molecule has 0 saturated carbocycles. The van der Waals surface area contributed by atoms with Crippen LogP contribution >= 0.6 is 0 Å². The maximum Gasteiger partial charge on any atom is 0.262 e. The minimum atomic E-state index is -0.272. The Balaban J connectivity index is 1.60. The van der Waals surface area contributed by atoms with Gasteiger partial charge in [0.1, 0.15) is 18.0 Å². The molecule has 0 radical (unpaired) electrons. The Kier molecular flexibility index (Phi) is 8.53. The maximum atomic E-state index is 13.7. The molecule has 0 saturated heterocycles. The molecule has 2 amide bonds. The van der Waals surface area contributed by atoms with E-state index in [1.54, 1.807) is 45.6 Å². The first-order valence-electron chi connectivity index (χ1n) is 12.0. The van der Waals surface area contributed by atoms with Gasteiger partial charge in [0.25, 0.3) is 11.8 Å². The summed E-state index contributed by atoms with van der Waals surface area (Å²) in [5.41, 5.74) is 3.17. The number of carbonyl (C=O) groups excluding carboxylic acids is 2. The summed E-state index contributed by atoms with van der Waals surface area (Å²) in [6, 6.07) is 24.0. The molecule has 0 unspecified atom stereocenters. The number of benzene rings is 3. The fraction of sp³-hybridized carbons (Fsp3) is 0.276. The number of hydrogen-bond acceptors (Lipinski definition) is 6. The molecule has 8 heteroatoms. The van der Waals surface area contributed by atoms with Gasteiger partial charge >= 0.3 is 0 Å². The van der Waals surface area contributed by atoms with Gasteiger partial charge in [0, 0.05) is 25.6 Å². The molecule has 3 aromatic rings. The monoisotopic (exact) mass is 501 g/mol. The first-order chi connectivity index (χ1) is 18.0. The Bertz CT molecular complexity index is 1230. The van der Waals surface area contributed by atoms with Gasteiger partial charge in [0.2, 0.25) is 0 Å². The highest BCUT2D eigenvalue weighted by molar-refractivity contribution is 6.03. The Morgan fingerprint density at radius 3 is 2.11 bits per heavy atom. The van der Waals surface area contributed by atoms with Crippen LogP contribution < -0.4 is 9.47 Å². The fourth-order valence-corrected chi connectivity index (χ4v) is 4.24. The molecule has 1 heterocycles. The number of amides is 2. The molecule has 0 aromatic heterocycles. The second-order valence-corrected chi connectivity index (χ2v) is 8.59. The lowest BCUT2D eigenvalue weighted by molar-refractivity contribution is -0.133. The van der Waals surface area contributed by atoms with Crippen LogP contribution in [-0.2, 0) is 9.53 Å². The highest BCUT2D eigenvalue weighted by atomic mass is 16.5. The Morgan fingerprint density at radius 2 is 1.51 bits per heavy atom. The SMILES string of the molecule is COCCN(CC(=O)N1N=C(c2ccc(OC)cc2)C[C@@H]1c1ccccc1)C(=O)c1ccc(OC)cc1. The third kappa shape index (κ3) is 6.16. The van der Waals surface area contributed by atoms with Gasteiger partial charge in [0.05, 0.1) is 32.6 Å². The van der Waals surface area contributed by atoms with Crippen LogP contribution in [0.4, 0.5) is 0 Å². The lowest BCUT2D eigenvalue weighted by atomic mass is 9.98. The van der Waals surface area contributed by atoms with Crippen LogP contribution in [-0.4, -0.2) is 68.5 Å². The predicted molar refractivity (Wildman–Crippen MR) is 141 cm³/mol. The highest BCUT2D eigenvalue weighted by Crippen LogP contribution is 2.33. The minimum absolute atomic E-state index is 0.128. The zero-order chi connectivity index (χ0) is 26.2. The van der Waals surface area contributed by atoms with Crippen molar-refractivity contribution in [2.45, 2.75) is 12.5 Å². The number of nitrogens with zero attached hydrogens (tertiary/aromatic N) is 3. The Morgan fingerprint density at radius 1 is 0.892 bits per heavy atom. The van der Waals surface area contributed by atoms with E-state index in [4.69, 9.17) is 19.3 Å². The predicted octanol–water partition coefficient (Wildman–Crippen LogP) is 4.17. The fourth-order valence-electron chi connectivity index (χ4n) is 4.24. The molecule has 8 nitrogen and oxygen atoms in total. The summed E-state index contributed by atoms with van der Waals surface area (Å²) >= 11 is 0. The molecular formula is C29H31N3O5. The molecule has 192 valence electrons. The van der Waals surface area contributed by atoms with Crippen LogP contribution in [0, 0.1) is 0 Å². The zero-order valence-corrected chi connectivity index (χ0v) is 21.3. The molecule has 0 aliphatic carbocycles. The lowest BCUT2D eigenvalue weighted by Gasteiger charge is -2.27. The normalized spacial score (nSPS) is 14.7. The molecule has 0 N–H and O–H groups in total. The van der Waals surface area contributed by atoms with Crippen LogP contribution in [0.25, 0.3) is 0 Å². The van der Waals surface area contributed by atoms with E-state index >= 15 is 0 Å². The van der Waals surface area contributed by atoms with Crippen molar-refractivity contribution in [3.8, 4) is 11.5 Å². The van der Waals surface area contributed by atoms with Crippen LogP contribution in [0.5, 0.6) is 11.5 Å². The van der Waals surface area contributed by atoms with Crippen molar-refractivity contribution in [2.24, 2.45) is 5.10 Å². The van der Waals surface area contributed by atoms with Gasteiger partial charge < -0.3 is 19.1 Å². The third-order valence-electron chi connectivity index (χ3n) is 6.29. The van der Waals surface area contributed by atoms with Crippen molar-refractivity contribution in [2.75, 3.05) is 41.0 Å². The van der Waals surface area contributed by atoms with Gasteiger partial charge in [0.15, 0.2) is 0 Å². The molecule has 4 rings (SSSR count). The van der Waals surface area contributed by atoms with Crippen molar-refractivity contribution >= 4 is 17.5 Å². The smallest absolute Gasteiger partial charge is 0.262 e. The van der Waals surface area contributed by atoms with Crippen molar-refractivity contribution in [1.82, 2.24) is 9.91 Å². The quantitative estimate of drug-likeness (QED) is 0.417. The standard InChI is InChI=1S/C29H31N3O5/c1-35-18-17-31(29(34)23-11-15-25(37-3)16-12-23)20-28(33)32-27(22-7-5-4-6-8-22)19-26(30-32)21-9-13-24(36-2)14-10-21/h4-16,27H,17-20H2,1-3H3/t27-/m1/s1. The van der Waals surface area contributed by atoms with Gasteiger partial charge in [-0.25, -0.2) is 5.01 Å². The first-order valence-corrected chi connectivity index (χ1v) is 12.0. The largest absolute Gasteiger partial charge is 0.497 e. The van der Waals surface area contributed by atoms with E-state index in [-0.39, 0.29) is 30.9 Å². The van der Waals surface area contributed by atoms with E-state index in [0.717, 1.165) is 22.6 Å². The van der Waals surface area contributed by atoms with E-state index in [0.29, 0.717) is 24.3 Å². The topological polar surface area (TPSA) is 80.7 Å². The van der Waals surface area contributed by atoms with Gasteiger partial charge in [-0.05, 0) is 59.7 Å². The molecule has 0 spiro atoms. The molecule has 1 aliphatic heterocycles. The molecule has 3 aromatic carbocycles. The number of rotatable bonds is 10. The Hall–Kier alpha value is -4.17. The second kappa shape index (κ2) is 12.2. The van der Waals surface area contributed by atoms with E-state index in [9.17, 15) is 9.59 Å². The molecule has 37 heavy (non-hydrogen) atoms. The summed E-state index contributed by atoms with van der Waals surface area (Å²) in [6.07, 6.45) is 0.562. The second-order valence-electron chi connectivity index (χ2n) is 8.59. The van der Waals surface area contributed by atoms with E-state index < -0.39 is 0 Å². The number of ether oxygens (including phenoxy) is 3. The minimum Gasteiger partial charge on any atom is -0.497 e. The summed E-state index contributed by atoms with van der Waals surface area (Å²) in [5, 5.41) is 6.24. The lowest BCUT2D eigenvalue weighted by Crippen LogP contribution is -2.42. The van der Waals surface area contributed by atoms with Gasteiger partial charge in [-0.15, -0.1) is 0 Å². The van der Waals surface area contributed by atoms with E-state index in [1.807, 2.05) is 54.6 Å².